The van der Waals surface area contributed by atoms with Crippen LogP contribution < -0.4 is 5.32 Å². The van der Waals surface area contributed by atoms with Crippen LogP contribution in [-0.2, 0) is 9.59 Å². The zero-order valence-corrected chi connectivity index (χ0v) is 6.97. The molecule has 0 saturated heterocycles. The molecular weight excluding hydrogens is 144 g/mol. The minimum absolute atomic E-state index is 0.0995. The second-order valence-corrected chi connectivity index (χ2v) is 2.36. The maximum Gasteiger partial charge on any atom is 0.269 e. The molecule has 1 N–H and O–H groups in total. The Morgan fingerprint density at radius 2 is 1.82 bits per heavy atom. The summed E-state index contributed by atoms with van der Waals surface area (Å²) in [5.74, 6) is -0.578. The van der Waals surface area contributed by atoms with E-state index in [0.717, 1.165) is 0 Å². The lowest BCUT2D eigenvalue weighted by atomic mass is 10.4. The van der Waals surface area contributed by atoms with E-state index in [9.17, 15) is 9.59 Å². The molecule has 0 aromatic rings. The Labute approximate surface area is 65.9 Å². The summed E-state index contributed by atoms with van der Waals surface area (Å²) in [5, 5.41) is 2.30. The van der Waals surface area contributed by atoms with Gasteiger partial charge in [0.25, 0.3) is 5.91 Å². The molecule has 0 spiro atoms. The first-order chi connectivity index (χ1) is 4.95. The van der Waals surface area contributed by atoms with Crippen LogP contribution in [0.5, 0.6) is 0 Å². The molecule has 0 aliphatic heterocycles. The molecule has 4 heteroatoms. The first kappa shape index (κ1) is 9.68. The highest BCUT2D eigenvalue weighted by Gasteiger charge is 2.08. The predicted molar refractivity (Wildman–Crippen MR) is 41.7 cm³/mol. The summed E-state index contributed by atoms with van der Waals surface area (Å²) >= 11 is 0. The fourth-order valence-corrected chi connectivity index (χ4v) is 0.536. The highest BCUT2D eigenvalue weighted by molar-refractivity contribution is 5.96. The number of carbonyl (C=O) groups excluding carboxylic acids is 2. The van der Waals surface area contributed by atoms with Crippen LogP contribution in [0.15, 0.2) is 12.3 Å². The molecule has 0 aliphatic carbocycles. The van der Waals surface area contributed by atoms with Crippen LogP contribution in [0.25, 0.3) is 0 Å². The van der Waals surface area contributed by atoms with E-state index in [1.807, 2.05) is 0 Å². The molecule has 0 rings (SSSR count). The first-order valence-electron chi connectivity index (χ1n) is 3.13. The zero-order chi connectivity index (χ0) is 9.02. The van der Waals surface area contributed by atoms with Crippen molar-refractivity contribution in [2.75, 3.05) is 14.1 Å². The van der Waals surface area contributed by atoms with Crippen molar-refractivity contribution in [1.29, 1.82) is 0 Å². The van der Waals surface area contributed by atoms with Gasteiger partial charge < -0.3 is 10.2 Å². The monoisotopic (exact) mass is 156 g/mol. The van der Waals surface area contributed by atoms with E-state index in [4.69, 9.17) is 0 Å². The molecule has 4 nitrogen and oxygen atoms in total. The molecule has 0 aromatic heterocycles. The van der Waals surface area contributed by atoms with Crippen LogP contribution >= 0.6 is 0 Å². The molecule has 62 valence electrons. The van der Waals surface area contributed by atoms with Gasteiger partial charge in [-0.15, -0.1) is 0 Å². The van der Waals surface area contributed by atoms with E-state index in [1.54, 1.807) is 14.1 Å². The Hall–Kier alpha value is -1.32. The molecule has 2 amide bonds. The van der Waals surface area contributed by atoms with E-state index < -0.39 is 0 Å². The lowest BCUT2D eigenvalue weighted by molar-refractivity contribution is -0.127. The lowest BCUT2D eigenvalue weighted by Gasteiger charge is -2.11. The number of carbonyl (C=O) groups is 2. The third kappa shape index (κ3) is 3.40. The van der Waals surface area contributed by atoms with Crippen LogP contribution in [0.3, 0.4) is 0 Å². The Morgan fingerprint density at radius 1 is 1.36 bits per heavy atom. The summed E-state index contributed by atoms with van der Waals surface area (Å²) in [7, 11) is 3.19. The average molecular weight is 156 g/mol. The maximum absolute atomic E-state index is 11.0. The Bertz CT molecular complexity index is 197. The van der Waals surface area contributed by atoms with Gasteiger partial charge in [-0.25, -0.2) is 0 Å². The van der Waals surface area contributed by atoms with Crippen molar-refractivity contribution >= 4 is 11.8 Å². The van der Waals surface area contributed by atoms with Crippen molar-refractivity contribution in [2.24, 2.45) is 0 Å². The van der Waals surface area contributed by atoms with E-state index in [2.05, 4.69) is 11.9 Å². The van der Waals surface area contributed by atoms with Gasteiger partial charge in [-0.1, -0.05) is 6.58 Å². The van der Waals surface area contributed by atoms with Crippen molar-refractivity contribution in [3.05, 3.63) is 12.3 Å². The fraction of sp³-hybridized carbons (Fsp3) is 0.429. The van der Waals surface area contributed by atoms with Gasteiger partial charge in [0.05, 0.1) is 5.70 Å². The number of hydrogen-bond donors (Lipinski definition) is 1. The summed E-state index contributed by atoms with van der Waals surface area (Å²) < 4.78 is 0. The van der Waals surface area contributed by atoms with Crippen LogP contribution in [0.4, 0.5) is 0 Å². The van der Waals surface area contributed by atoms with Crippen molar-refractivity contribution in [2.45, 2.75) is 6.92 Å². The Balaban J connectivity index is 4.05. The van der Waals surface area contributed by atoms with Gasteiger partial charge in [0, 0.05) is 21.0 Å². The summed E-state index contributed by atoms with van der Waals surface area (Å²) in [4.78, 5) is 22.8. The van der Waals surface area contributed by atoms with E-state index in [0.29, 0.717) is 0 Å². The predicted octanol–water partition coefficient (Wildman–Crippen LogP) is -0.276. The van der Waals surface area contributed by atoms with Gasteiger partial charge >= 0.3 is 0 Å². The molecule has 0 atom stereocenters. The van der Waals surface area contributed by atoms with Crippen molar-refractivity contribution in [1.82, 2.24) is 10.2 Å². The van der Waals surface area contributed by atoms with Crippen LogP contribution in [0.1, 0.15) is 6.92 Å². The molecule has 0 radical (unpaired) electrons. The third-order valence-corrected chi connectivity index (χ3v) is 0.991. The Morgan fingerprint density at radius 3 is 2.09 bits per heavy atom. The lowest BCUT2D eigenvalue weighted by Crippen LogP contribution is -2.32. The van der Waals surface area contributed by atoms with E-state index in [1.165, 1.54) is 11.8 Å². The quantitative estimate of drug-likeness (QED) is 0.559. The number of hydrogen-bond acceptors (Lipinski definition) is 2. The summed E-state index contributed by atoms with van der Waals surface area (Å²) in [5.41, 5.74) is 0.0995. The van der Waals surface area contributed by atoms with Crippen LogP contribution in [-0.4, -0.2) is 30.8 Å². The van der Waals surface area contributed by atoms with Gasteiger partial charge in [-0.2, -0.15) is 0 Å². The van der Waals surface area contributed by atoms with E-state index >= 15 is 0 Å². The molecule has 0 aliphatic rings. The molecule has 0 bridgehead atoms. The SMILES string of the molecule is C=C(NC(C)=O)C(=O)N(C)C. The number of rotatable bonds is 2. The highest BCUT2D eigenvalue weighted by atomic mass is 16.2. The highest BCUT2D eigenvalue weighted by Crippen LogP contribution is 1.89. The van der Waals surface area contributed by atoms with Crippen LogP contribution in [0, 0.1) is 0 Å². The van der Waals surface area contributed by atoms with Gasteiger partial charge in [-0.05, 0) is 0 Å². The van der Waals surface area contributed by atoms with Crippen molar-refractivity contribution < 1.29 is 9.59 Å². The molecule has 11 heavy (non-hydrogen) atoms. The van der Waals surface area contributed by atoms with Gasteiger partial charge in [-0.3, -0.25) is 9.59 Å². The third-order valence-electron chi connectivity index (χ3n) is 0.991. The largest absolute Gasteiger partial charge is 0.344 e. The van der Waals surface area contributed by atoms with Gasteiger partial charge in [0.1, 0.15) is 0 Å². The minimum atomic E-state index is -0.291. The molecule has 0 saturated carbocycles. The first-order valence-corrected chi connectivity index (χ1v) is 3.13. The smallest absolute Gasteiger partial charge is 0.269 e. The number of amides is 2. The second kappa shape index (κ2) is 3.75. The van der Waals surface area contributed by atoms with Crippen molar-refractivity contribution in [3.8, 4) is 0 Å². The van der Waals surface area contributed by atoms with Crippen LogP contribution in [0.2, 0.25) is 0 Å². The fourth-order valence-electron chi connectivity index (χ4n) is 0.536. The maximum atomic E-state index is 11.0. The van der Waals surface area contributed by atoms with E-state index in [-0.39, 0.29) is 17.5 Å². The molecule has 0 heterocycles. The Kier molecular flexibility index (Phi) is 3.30. The summed E-state index contributed by atoms with van der Waals surface area (Å²) in [6.45, 7) is 4.72. The zero-order valence-electron chi connectivity index (χ0n) is 6.97. The average Bonchev–Trinajstić information content (AvgIpc) is 1.84. The number of nitrogens with one attached hydrogen (secondary N) is 1. The molecular formula is C7H12N2O2. The molecule has 0 aromatic carbocycles. The minimum Gasteiger partial charge on any atom is -0.344 e. The standard InChI is InChI=1S/C7H12N2O2/c1-5(8-6(2)10)7(11)9(3)4/h1H2,2-4H3,(H,8,10). The number of likely N-dealkylation sites (N-methyl/N-ethyl adjacent to an activating group) is 1. The topological polar surface area (TPSA) is 49.4 Å². The van der Waals surface area contributed by atoms with Gasteiger partial charge in [0.2, 0.25) is 5.91 Å². The molecule has 0 fully saturated rings. The second-order valence-electron chi connectivity index (χ2n) is 2.36. The summed E-state index contributed by atoms with van der Waals surface area (Å²) in [6, 6.07) is 0. The van der Waals surface area contributed by atoms with Gasteiger partial charge in [0.15, 0.2) is 0 Å². The normalized spacial score (nSPS) is 8.64. The van der Waals surface area contributed by atoms with Crippen molar-refractivity contribution in [3.63, 3.8) is 0 Å². The number of nitrogens with zero attached hydrogens (tertiary/aromatic N) is 1. The summed E-state index contributed by atoms with van der Waals surface area (Å²) in [6.07, 6.45) is 0. The molecule has 0 unspecified atom stereocenters.